The molecular formula is C34H36O8. The van der Waals surface area contributed by atoms with Crippen molar-refractivity contribution in [1.29, 1.82) is 0 Å². The van der Waals surface area contributed by atoms with Gasteiger partial charge in [0.2, 0.25) is 0 Å². The molecule has 5 rings (SSSR count). The molecule has 0 saturated heterocycles. The van der Waals surface area contributed by atoms with Crippen LogP contribution < -0.4 is 4.74 Å². The molecular weight excluding hydrogens is 536 g/mol. The molecule has 0 aliphatic carbocycles. The summed E-state index contributed by atoms with van der Waals surface area (Å²) in [6.45, 7) is 4.64. The quantitative estimate of drug-likeness (QED) is 0.278. The van der Waals surface area contributed by atoms with Gasteiger partial charge in [-0.05, 0) is 37.1 Å². The van der Waals surface area contributed by atoms with Crippen LogP contribution in [-0.4, -0.2) is 42.5 Å². The molecule has 8 nitrogen and oxygen atoms in total. The molecule has 3 aromatic rings. The van der Waals surface area contributed by atoms with E-state index >= 15 is 0 Å². The maximum Gasteiger partial charge on any atom is 0.338 e. The minimum atomic E-state index is -0.453. The fraction of sp³-hybridized carbons (Fsp3) is 0.294. The monoisotopic (exact) mass is 572 g/mol. The van der Waals surface area contributed by atoms with E-state index in [1.165, 1.54) is 0 Å². The van der Waals surface area contributed by atoms with Crippen molar-refractivity contribution in [3.63, 3.8) is 0 Å². The highest BCUT2D eigenvalue weighted by atomic mass is 16.6. The zero-order valence-corrected chi connectivity index (χ0v) is 23.9. The molecule has 0 saturated carbocycles. The van der Waals surface area contributed by atoms with Crippen molar-refractivity contribution in [3.8, 4) is 5.75 Å². The second-order valence-electron chi connectivity index (χ2n) is 9.78. The summed E-state index contributed by atoms with van der Waals surface area (Å²) in [5.74, 6) is 1.27. The number of rotatable bonds is 12. The fourth-order valence-corrected chi connectivity index (χ4v) is 4.40. The highest BCUT2D eigenvalue weighted by Crippen LogP contribution is 2.28. The van der Waals surface area contributed by atoms with Crippen LogP contribution in [0.2, 0.25) is 0 Å². The van der Waals surface area contributed by atoms with Gasteiger partial charge in [-0.3, -0.25) is 0 Å². The molecule has 2 aliphatic heterocycles. The average Bonchev–Trinajstić information content (AvgIpc) is 3.44. The highest BCUT2D eigenvalue weighted by molar-refractivity contribution is 5.91. The first-order valence-electron chi connectivity index (χ1n) is 13.9. The van der Waals surface area contributed by atoms with Gasteiger partial charge in [-0.25, -0.2) is 9.59 Å². The van der Waals surface area contributed by atoms with E-state index in [0.717, 1.165) is 16.9 Å². The van der Waals surface area contributed by atoms with Crippen LogP contribution in [0.5, 0.6) is 5.75 Å². The molecule has 0 fully saturated rings. The number of benzene rings is 3. The molecule has 0 amide bonds. The third kappa shape index (κ3) is 8.47. The topological polar surface area (TPSA) is 101 Å². The summed E-state index contributed by atoms with van der Waals surface area (Å²) < 4.78 is 27.7. The molecule has 220 valence electrons. The third-order valence-electron chi connectivity index (χ3n) is 6.69. The van der Waals surface area contributed by atoms with Crippen LogP contribution in [0.3, 0.4) is 0 Å². The molecule has 2 atom stereocenters. The van der Waals surface area contributed by atoms with Gasteiger partial charge >= 0.3 is 11.9 Å². The molecule has 2 heterocycles. The Morgan fingerprint density at radius 2 is 1.05 bits per heavy atom. The van der Waals surface area contributed by atoms with E-state index in [0.29, 0.717) is 55.3 Å². The van der Waals surface area contributed by atoms with Crippen LogP contribution >= 0.6 is 0 Å². The van der Waals surface area contributed by atoms with E-state index in [4.69, 9.17) is 28.8 Å². The van der Waals surface area contributed by atoms with Crippen LogP contribution in [0.4, 0.5) is 0 Å². The van der Waals surface area contributed by atoms with Crippen molar-refractivity contribution >= 4 is 11.9 Å². The smallest absolute Gasteiger partial charge is 0.338 e. The van der Waals surface area contributed by atoms with Crippen LogP contribution in [0.15, 0.2) is 114 Å². The predicted molar refractivity (Wildman–Crippen MR) is 156 cm³/mol. The van der Waals surface area contributed by atoms with E-state index in [1.807, 2.05) is 91.0 Å². The lowest BCUT2D eigenvalue weighted by molar-refractivity contribution is -0.141. The first kappa shape index (κ1) is 30.4. The van der Waals surface area contributed by atoms with Crippen molar-refractivity contribution in [1.82, 2.24) is 0 Å². The van der Waals surface area contributed by atoms with E-state index in [9.17, 15) is 9.59 Å². The summed E-state index contributed by atoms with van der Waals surface area (Å²) in [6, 6.07) is 29.1. The standard InChI is InChI=1S/C20H20O4.C14H16O4/c1-15-19(23-14-16-8-4-2-5-9-16)18(24-20(15)21)12-13-22-17-10-6-3-7-11-17;1-10-13(12(7-8-15)18-14(10)16)17-9-11-5-3-2-4-6-11/h2-11,18H,12-14H2,1H3;2-6,12,15H,7-9H2,1H3. The van der Waals surface area contributed by atoms with Crippen molar-refractivity contribution in [2.45, 2.75) is 52.1 Å². The molecule has 3 aromatic carbocycles. The molecule has 0 bridgehead atoms. The van der Waals surface area contributed by atoms with E-state index < -0.39 is 6.10 Å². The maximum atomic E-state index is 11.8. The molecule has 0 radical (unpaired) electrons. The number of aliphatic hydroxyl groups excluding tert-OH is 1. The Morgan fingerprint density at radius 1 is 0.619 bits per heavy atom. The van der Waals surface area contributed by atoms with E-state index in [2.05, 4.69) is 0 Å². The molecule has 8 heteroatoms. The van der Waals surface area contributed by atoms with Gasteiger partial charge in [0.15, 0.2) is 12.2 Å². The van der Waals surface area contributed by atoms with Gasteiger partial charge in [0, 0.05) is 19.4 Å². The summed E-state index contributed by atoms with van der Waals surface area (Å²) in [5, 5.41) is 8.93. The van der Waals surface area contributed by atoms with E-state index in [-0.39, 0.29) is 24.6 Å². The molecule has 2 aliphatic rings. The first-order chi connectivity index (χ1) is 20.5. The van der Waals surface area contributed by atoms with Gasteiger partial charge in [0.1, 0.15) is 30.5 Å². The summed E-state index contributed by atoms with van der Waals surface area (Å²) in [6.07, 6.45) is 0.0890. The first-order valence-corrected chi connectivity index (χ1v) is 13.9. The van der Waals surface area contributed by atoms with Crippen molar-refractivity contribution in [2.24, 2.45) is 0 Å². The Hall–Kier alpha value is -4.56. The van der Waals surface area contributed by atoms with Gasteiger partial charge in [0.25, 0.3) is 0 Å². The van der Waals surface area contributed by atoms with Gasteiger partial charge in [-0.15, -0.1) is 0 Å². The highest BCUT2D eigenvalue weighted by Gasteiger charge is 2.34. The minimum Gasteiger partial charge on any atom is -0.493 e. The predicted octanol–water partition coefficient (Wildman–Crippen LogP) is 5.66. The number of ether oxygens (including phenoxy) is 5. The molecule has 42 heavy (non-hydrogen) atoms. The summed E-state index contributed by atoms with van der Waals surface area (Å²) >= 11 is 0. The largest absolute Gasteiger partial charge is 0.493 e. The Labute approximate surface area is 246 Å². The number of aliphatic hydroxyl groups is 1. The number of hydrogen-bond donors (Lipinski definition) is 1. The van der Waals surface area contributed by atoms with Crippen LogP contribution in [0.1, 0.15) is 37.8 Å². The Morgan fingerprint density at radius 3 is 1.50 bits per heavy atom. The average molecular weight is 573 g/mol. The Balaban J connectivity index is 0.000000201. The van der Waals surface area contributed by atoms with Crippen LogP contribution in [-0.2, 0) is 41.8 Å². The second-order valence-corrected chi connectivity index (χ2v) is 9.78. The minimum absolute atomic E-state index is 0.0383. The molecule has 2 unspecified atom stereocenters. The van der Waals surface area contributed by atoms with Crippen LogP contribution in [0, 0.1) is 0 Å². The molecule has 1 N–H and O–H groups in total. The summed E-state index contributed by atoms with van der Waals surface area (Å²) in [7, 11) is 0. The summed E-state index contributed by atoms with van der Waals surface area (Å²) in [4.78, 5) is 23.3. The zero-order valence-electron chi connectivity index (χ0n) is 23.9. The second kappa shape index (κ2) is 15.4. The van der Waals surface area contributed by atoms with Gasteiger partial charge < -0.3 is 28.8 Å². The van der Waals surface area contributed by atoms with Gasteiger partial charge in [-0.1, -0.05) is 78.9 Å². The lowest BCUT2D eigenvalue weighted by Crippen LogP contribution is -2.17. The van der Waals surface area contributed by atoms with Crippen molar-refractivity contribution < 1.29 is 38.4 Å². The number of carbonyl (C=O) groups excluding carboxylic acids is 2. The zero-order chi connectivity index (χ0) is 29.7. The SMILES string of the molecule is CC1=C(OCc2ccccc2)C(CCO)OC1=O.CC1=C(OCc2ccccc2)C(CCOc2ccccc2)OC1=O. The lowest BCUT2D eigenvalue weighted by atomic mass is 10.1. The fourth-order valence-electron chi connectivity index (χ4n) is 4.40. The lowest BCUT2D eigenvalue weighted by Gasteiger charge is -2.16. The van der Waals surface area contributed by atoms with Crippen LogP contribution in [0.25, 0.3) is 0 Å². The van der Waals surface area contributed by atoms with Gasteiger partial charge in [0.05, 0.1) is 17.8 Å². The summed E-state index contributed by atoms with van der Waals surface area (Å²) in [5.41, 5.74) is 3.11. The van der Waals surface area contributed by atoms with E-state index in [1.54, 1.807) is 13.8 Å². The molecule has 0 spiro atoms. The third-order valence-corrected chi connectivity index (χ3v) is 6.69. The number of para-hydroxylation sites is 1. The number of esters is 2. The number of hydrogen-bond acceptors (Lipinski definition) is 8. The van der Waals surface area contributed by atoms with Crippen molar-refractivity contribution in [2.75, 3.05) is 13.2 Å². The van der Waals surface area contributed by atoms with Gasteiger partial charge in [-0.2, -0.15) is 0 Å². The maximum absolute atomic E-state index is 11.8. The Kier molecular flexibility index (Phi) is 11.2. The Bertz CT molecular complexity index is 1370. The normalized spacial score (nSPS) is 17.8. The molecule has 0 aromatic heterocycles. The number of cyclic esters (lactones) is 2. The number of carbonyl (C=O) groups is 2. The van der Waals surface area contributed by atoms with Crippen molar-refractivity contribution in [3.05, 3.63) is 125 Å².